The van der Waals surface area contributed by atoms with Crippen molar-refractivity contribution < 1.29 is 8.42 Å². The summed E-state index contributed by atoms with van der Waals surface area (Å²) in [6.45, 7) is 1.38. The number of piperidine rings is 1. The lowest BCUT2D eigenvalue weighted by Crippen LogP contribution is -2.45. The largest absolute Gasteiger partial charge is 0.355 e. The van der Waals surface area contributed by atoms with Crippen molar-refractivity contribution >= 4 is 15.8 Å². The molecule has 0 saturated carbocycles. The average molecular weight is 348 g/mol. The van der Waals surface area contributed by atoms with Gasteiger partial charge in [0.05, 0.1) is 4.90 Å². The molecule has 0 bridgehead atoms. The molecule has 0 radical (unpaired) electrons. The smallest absolute Gasteiger partial charge is 0.266 e. The SMILES string of the molecule is Cn1nc(N2CCC(NS(=O)(=O)c3ccccc3)CC2)ccc1=O. The Morgan fingerprint density at radius 2 is 1.75 bits per heavy atom. The fraction of sp³-hybridized carbons (Fsp3) is 0.375. The second kappa shape index (κ2) is 6.74. The van der Waals surface area contributed by atoms with Gasteiger partial charge in [-0.05, 0) is 31.0 Å². The molecule has 1 N–H and O–H groups in total. The molecule has 3 rings (SSSR count). The van der Waals surface area contributed by atoms with Crippen LogP contribution in [0.2, 0.25) is 0 Å². The molecule has 0 atom stereocenters. The molecular formula is C16H20N4O3S. The third-order valence-corrected chi connectivity index (χ3v) is 5.68. The van der Waals surface area contributed by atoms with Gasteiger partial charge in [0.15, 0.2) is 0 Å². The van der Waals surface area contributed by atoms with E-state index in [4.69, 9.17) is 0 Å². The van der Waals surface area contributed by atoms with E-state index in [1.54, 1.807) is 43.4 Å². The monoisotopic (exact) mass is 348 g/mol. The van der Waals surface area contributed by atoms with Crippen LogP contribution in [0.25, 0.3) is 0 Å². The van der Waals surface area contributed by atoms with Crippen molar-refractivity contribution in [2.24, 2.45) is 7.05 Å². The normalized spacial score (nSPS) is 16.3. The van der Waals surface area contributed by atoms with Gasteiger partial charge in [0.2, 0.25) is 10.0 Å². The predicted molar refractivity (Wildman–Crippen MR) is 91.5 cm³/mol. The van der Waals surface area contributed by atoms with Crippen molar-refractivity contribution in [1.82, 2.24) is 14.5 Å². The summed E-state index contributed by atoms with van der Waals surface area (Å²) in [6.07, 6.45) is 1.38. The molecule has 0 aliphatic carbocycles. The van der Waals surface area contributed by atoms with Gasteiger partial charge in [-0.15, -0.1) is 0 Å². The number of hydrogen-bond acceptors (Lipinski definition) is 5. The minimum absolute atomic E-state index is 0.0982. The van der Waals surface area contributed by atoms with E-state index in [0.29, 0.717) is 25.9 Å². The van der Waals surface area contributed by atoms with Gasteiger partial charge in [0.1, 0.15) is 5.82 Å². The zero-order valence-corrected chi connectivity index (χ0v) is 14.2. The number of hydrogen-bond donors (Lipinski definition) is 1. The Labute approximate surface area is 141 Å². The van der Waals surface area contributed by atoms with Gasteiger partial charge < -0.3 is 4.90 Å². The van der Waals surface area contributed by atoms with Crippen LogP contribution in [-0.4, -0.2) is 37.3 Å². The number of nitrogens with one attached hydrogen (secondary N) is 1. The molecular weight excluding hydrogens is 328 g/mol. The van der Waals surface area contributed by atoms with Crippen molar-refractivity contribution in [3.63, 3.8) is 0 Å². The lowest BCUT2D eigenvalue weighted by atomic mass is 10.1. The molecule has 1 fully saturated rings. The Morgan fingerprint density at radius 1 is 1.08 bits per heavy atom. The number of aryl methyl sites for hydroxylation is 1. The highest BCUT2D eigenvalue weighted by Gasteiger charge is 2.25. The highest BCUT2D eigenvalue weighted by atomic mass is 32.2. The molecule has 1 aromatic heterocycles. The number of nitrogens with zero attached hydrogens (tertiary/aromatic N) is 3. The van der Waals surface area contributed by atoms with Gasteiger partial charge in [-0.2, -0.15) is 5.10 Å². The molecule has 0 spiro atoms. The van der Waals surface area contributed by atoms with E-state index in [2.05, 4.69) is 14.7 Å². The van der Waals surface area contributed by atoms with E-state index in [-0.39, 0.29) is 16.5 Å². The summed E-state index contributed by atoms with van der Waals surface area (Å²) >= 11 is 0. The molecule has 8 heteroatoms. The molecule has 2 aromatic rings. The van der Waals surface area contributed by atoms with Crippen LogP contribution in [-0.2, 0) is 17.1 Å². The van der Waals surface area contributed by atoms with Crippen molar-refractivity contribution in [2.75, 3.05) is 18.0 Å². The Morgan fingerprint density at radius 3 is 2.38 bits per heavy atom. The molecule has 128 valence electrons. The summed E-state index contributed by atoms with van der Waals surface area (Å²) in [4.78, 5) is 13.7. The van der Waals surface area contributed by atoms with Crippen molar-refractivity contribution in [3.8, 4) is 0 Å². The summed E-state index contributed by atoms with van der Waals surface area (Å²) in [6, 6.07) is 11.5. The molecule has 1 aromatic carbocycles. The summed E-state index contributed by atoms with van der Waals surface area (Å²) in [5.41, 5.74) is -0.149. The van der Waals surface area contributed by atoms with E-state index in [1.165, 1.54) is 10.7 Å². The van der Waals surface area contributed by atoms with Crippen LogP contribution in [0, 0.1) is 0 Å². The minimum atomic E-state index is -3.48. The lowest BCUT2D eigenvalue weighted by Gasteiger charge is -2.32. The molecule has 0 amide bonds. The summed E-state index contributed by atoms with van der Waals surface area (Å²) in [5.74, 6) is 0.737. The van der Waals surface area contributed by atoms with Gasteiger partial charge in [-0.25, -0.2) is 17.8 Å². The number of sulfonamides is 1. The molecule has 1 aliphatic heterocycles. The third kappa shape index (κ3) is 3.65. The van der Waals surface area contributed by atoms with Crippen LogP contribution in [0.15, 0.2) is 52.2 Å². The Hall–Kier alpha value is -2.19. The molecule has 7 nitrogen and oxygen atoms in total. The molecule has 2 heterocycles. The van der Waals surface area contributed by atoms with Crippen molar-refractivity contribution in [1.29, 1.82) is 0 Å². The zero-order valence-electron chi connectivity index (χ0n) is 13.4. The van der Waals surface area contributed by atoms with E-state index in [9.17, 15) is 13.2 Å². The van der Waals surface area contributed by atoms with E-state index < -0.39 is 10.0 Å². The Kier molecular flexibility index (Phi) is 4.68. The van der Waals surface area contributed by atoms with E-state index >= 15 is 0 Å². The van der Waals surface area contributed by atoms with Gasteiger partial charge in [-0.1, -0.05) is 18.2 Å². The first kappa shape index (κ1) is 16.7. The van der Waals surface area contributed by atoms with Gasteiger partial charge in [0.25, 0.3) is 5.56 Å². The highest BCUT2D eigenvalue weighted by Crippen LogP contribution is 2.18. The summed E-state index contributed by atoms with van der Waals surface area (Å²) in [7, 11) is -1.87. The Bertz CT molecular complexity index is 856. The van der Waals surface area contributed by atoms with Crippen molar-refractivity contribution in [2.45, 2.75) is 23.8 Å². The van der Waals surface area contributed by atoms with Crippen LogP contribution in [0.3, 0.4) is 0 Å². The van der Waals surface area contributed by atoms with Crippen LogP contribution in [0.5, 0.6) is 0 Å². The second-order valence-electron chi connectivity index (χ2n) is 5.85. The topological polar surface area (TPSA) is 84.3 Å². The fourth-order valence-corrected chi connectivity index (χ4v) is 4.10. The van der Waals surface area contributed by atoms with Gasteiger partial charge in [-0.3, -0.25) is 4.79 Å². The first-order valence-corrected chi connectivity index (χ1v) is 9.31. The van der Waals surface area contributed by atoms with Crippen LogP contribution in [0.4, 0.5) is 5.82 Å². The number of aromatic nitrogens is 2. The quantitative estimate of drug-likeness (QED) is 0.880. The maximum atomic E-state index is 12.4. The van der Waals surface area contributed by atoms with Crippen LogP contribution < -0.4 is 15.2 Å². The first-order valence-electron chi connectivity index (χ1n) is 7.82. The van der Waals surface area contributed by atoms with Crippen molar-refractivity contribution in [3.05, 3.63) is 52.8 Å². The number of benzene rings is 1. The molecule has 1 aliphatic rings. The molecule has 0 unspecified atom stereocenters. The number of anilines is 1. The van der Waals surface area contributed by atoms with E-state index in [0.717, 1.165) is 5.82 Å². The van der Waals surface area contributed by atoms with Gasteiger partial charge >= 0.3 is 0 Å². The standard InChI is InChI=1S/C16H20N4O3S/c1-19-16(21)8-7-15(17-19)20-11-9-13(10-12-20)18-24(22,23)14-5-3-2-4-6-14/h2-8,13,18H,9-12H2,1H3. The minimum Gasteiger partial charge on any atom is -0.355 e. The Balaban J connectivity index is 1.63. The maximum Gasteiger partial charge on any atom is 0.266 e. The zero-order chi connectivity index (χ0) is 17.2. The molecule has 24 heavy (non-hydrogen) atoms. The third-order valence-electron chi connectivity index (χ3n) is 4.14. The van der Waals surface area contributed by atoms with Crippen LogP contribution in [0.1, 0.15) is 12.8 Å². The second-order valence-corrected chi connectivity index (χ2v) is 7.56. The number of rotatable bonds is 4. The van der Waals surface area contributed by atoms with Crippen LogP contribution >= 0.6 is 0 Å². The lowest BCUT2D eigenvalue weighted by molar-refractivity contribution is 0.456. The van der Waals surface area contributed by atoms with E-state index in [1.807, 2.05) is 0 Å². The predicted octanol–water partition coefficient (Wildman–Crippen LogP) is 0.728. The fourth-order valence-electron chi connectivity index (χ4n) is 2.77. The summed E-state index contributed by atoms with van der Waals surface area (Å²) < 4.78 is 28.8. The summed E-state index contributed by atoms with van der Waals surface area (Å²) in [5, 5.41) is 4.24. The first-order chi connectivity index (χ1) is 11.5. The highest BCUT2D eigenvalue weighted by molar-refractivity contribution is 7.89. The van der Waals surface area contributed by atoms with Gasteiger partial charge in [0, 0.05) is 32.2 Å². The average Bonchev–Trinajstić information content (AvgIpc) is 2.59. The molecule has 1 saturated heterocycles. The maximum absolute atomic E-state index is 12.4.